The number of carboxylic acid groups (broad SMARTS) is 1. The van der Waals surface area contributed by atoms with Crippen molar-refractivity contribution >= 4 is 5.97 Å². The predicted molar refractivity (Wildman–Crippen MR) is 106 cm³/mol. The normalized spacial score (nSPS) is 14.3. The summed E-state index contributed by atoms with van der Waals surface area (Å²) in [5.41, 5.74) is 0. The van der Waals surface area contributed by atoms with Crippen molar-refractivity contribution in [2.75, 3.05) is 0 Å². The Hall–Kier alpha value is -2.13. The van der Waals surface area contributed by atoms with Crippen LogP contribution in [-0.2, 0) is 4.79 Å². The summed E-state index contributed by atoms with van der Waals surface area (Å²) in [4.78, 5) is 10.2. The van der Waals surface area contributed by atoms with Gasteiger partial charge in [-0.15, -0.1) is 0 Å². The number of aliphatic carboxylic acids is 1. The van der Waals surface area contributed by atoms with E-state index < -0.39 is 5.97 Å². The quantitative estimate of drug-likeness (QED) is 0.248. The molecule has 0 bridgehead atoms. The van der Waals surface area contributed by atoms with Crippen molar-refractivity contribution in [3.05, 3.63) is 72.9 Å². The molecule has 0 rings (SSSR count). The molecule has 1 atom stereocenters. The van der Waals surface area contributed by atoms with Gasteiger partial charge >= 0.3 is 5.97 Å². The highest BCUT2D eigenvalue weighted by molar-refractivity contribution is 5.80. The van der Waals surface area contributed by atoms with E-state index in [4.69, 9.17) is 5.11 Å². The van der Waals surface area contributed by atoms with Crippen molar-refractivity contribution in [3.8, 4) is 0 Å². The van der Waals surface area contributed by atoms with Gasteiger partial charge in [0.25, 0.3) is 0 Å². The first kappa shape index (κ1) is 22.9. The second-order valence-electron chi connectivity index (χ2n) is 5.75. The zero-order valence-corrected chi connectivity index (χ0v) is 15.3. The highest BCUT2D eigenvalue weighted by atomic mass is 16.4. The molecule has 0 aromatic carbocycles. The van der Waals surface area contributed by atoms with E-state index in [2.05, 4.69) is 6.92 Å². The molecule has 0 aromatic heterocycles. The number of aliphatic hydroxyl groups excluding tert-OH is 1. The van der Waals surface area contributed by atoms with Gasteiger partial charge in [-0.2, -0.15) is 0 Å². The highest BCUT2D eigenvalue weighted by Gasteiger charge is 1.97. The second kappa shape index (κ2) is 18.2. The molecule has 1 unspecified atom stereocenters. The van der Waals surface area contributed by atoms with Crippen LogP contribution in [0.5, 0.6) is 0 Å². The molecule has 0 radical (unpaired) electrons. The van der Waals surface area contributed by atoms with E-state index >= 15 is 0 Å². The van der Waals surface area contributed by atoms with Crippen LogP contribution in [-0.4, -0.2) is 22.3 Å². The minimum atomic E-state index is -0.955. The third-order valence-electron chi connectivity index (χ3n) is 3.43. The molecule has 2 N–H and O–H groups in total. The minimum absolute atomic E-state index is 0.358. The van der Waals surface area contributed by atoms with E-state index in [9.17, 15) is 9.90 Å². The number of aliphatic hydroxyl groups is 1. The maximum absolute atomic E-state index is 10.2. The zero-order valence-electron chi connectivity index (χ0n) is 15.3. The third kappa shape index (κ3) is 19.8. The molecule has 0 heterocycles. The molecule has 0 fully saturated rings. The summed E-state index contributed by atoms with van der Waals surface area (Å²) in [6, 6.07) is 0. The molecule has 3 heteroatoms. The molecular weight excluding hydrogens is 312 g/mol. The van der Waals surface area contributed by atoms with E-state index in [-0.39, 0.29) is 6.10 Å². The van der Waals surface area contributed by atoms with Gasteiger partial charge in [-0.3, -0.25) is 0 Å². The average molecular weight is 344 g/mol. The van der Waals surface area contributed by atoms with Gasteiger partial charge in [0.05, 0.1) is 6.10 Å². The number of hydrogen-bond acceptors (Lipinski definition) is 2. The summed E-state index contributed by atoms with van der Waals surface area (Å²) >= 11 is 0. The van der Waals surface area contributed by atoms with Crippen LogP contribution in [0.3, 0.4) is 0 Å². The topological polar surface area (TPSA) is 57.5 Å². The van der Waals surface area contributed by atoms with Crippen LogP contribution in [0, 0.1) is 0 Å². The lowest BCUT2D eigenvalue weighted by molar-refractivity contribution is -0.131. The number of rotatable bonds is 14. The average Bonchev–Trinajstić information content (AvgIpc) is 2.58. The maximum Gasteiger partial charge on any atom is 0.328 e. The SMILES string of the molecule is CCCCCCCCC(O)/C=C/C=C/C=C/C=C/C=C/C=C/C(=O)O. The Bertz CT molecular complexity index is 493. The molecule has 0 aliphatic rings. The van der Waals surface area contributed by atoms with Crippen molar-refractivity contribution < 1.29 is 15.0 Å². The number of hydrogen-bond donors (Lipinski definition) is 2. The van der Waals surface area contributed by atoms with Gasteiger partial charge in [0, 0.05) is 6.08 Å². The Morgan fingerprint density at radius 1 is 0.760 bits per heavy atom. The van der Waals surface area contributed by atoms with E-state index in [0.717, 1.165) is 18.9 Å². The Labute approximate surface area is 152 Å². The maximum atomic E-state index is 10.2. The zero-order chi connectivity index (χ0) is 18.6. The number of carboxylic acids is 1. The molecule has 0 amide bonds. The molecule has 0 spiro atoms. The summed E-state index contributed by atoms with van der Waals surface area (Å²) in [7, 11) is 0. The highest BCUT2D eigenvalue weighted by Crippen LogP contribution is 2.09. The van der Waals surface area contributed by atoms with E-state index in [0.29, 0.717) is 0 Å². The summed E-state index contributed by atoms with van der Waals surface area (Å²) in [5.74, 6) is -0.955. The summed E-state index contributed by atoms with van der Waals surface area (Å²) in [6.45, 7) is 2.22. The smallest absolute Gasteiger partial charge is 0.328 e. The molecule has 25 heavy (non-hydrogen) atoms. The Morgan fingerprint density at radius 2 is 1.24 bits per heavy atom. The number of carbonyl (C=O) groups is 1. The fourth-order valence-corrected chi connectivity index (χ4v) is 2.07. The molecule has 138 valence electrons. The van der Waals surface area contributed by atoms with Crippen LogP contribution in [0.1, 0.15) is 51.9 Å². The Kier molecular flexibility index (Phi) is 16.7. The van der Waals surface area contributed by atoms with E-state index in [1.165, 1.54) is 38.2 Å². The van der Waals surface area contributed by atoms with Gasteiger partial charge in [-0.25, -0.2) is 4.79 Å². The van der Waals surface area contributed by atoms with Crippen LogP contribution < -0.4 is 0 Å². The standard InChI is InChI=1S/C22H32O3/c1-2-3-4-5-12-15-18-21(23)19-16-13-10-8-6-7-9-11-14-17-20-22(24)25/h6-11,13-14,16-17,19-21,23H,2-5,12,15,18H2,1H3,(H,24,25)/b8-6+,9-7+,13-10+,14-11+,19-16+,20-17+. The first-order valence-corrected chi connectivity index (χ1v) is 9.09. The Balaban J connectivity index is 3.77. The number of unbranched alkanes of at least 4 members (excludes halogenated alkanes) is 5. The fraction of sp³-hybridized carbons (Fsp3) is 0.409. The minimum Gasteiger partial charge on any atom is -0.478 e. The van der Waals surface area contributed by atoms with Crippen molar-refractivity contribution in [2.24, 2.45) is 0 Å². The van der Waals surface area contributed by atoms with Crippen LogP contribution >= 0.6 is 0 Å². The Morgan fingerprint density at radius 3 is 1.80 bits per heavy atom. The van der Waals surface area contributed by atoms with E-state index in [1.54, 1.807) is 12.2 Å². The van der Waals surface area contributed by atoms with Crippen molar-refractivity contribution in [1.82, 2.24) is 0 Å². The van der Waals surface area contributed by atoms with Crippen LogP contribution in [0.15, 0.2) is 72.9 Å². The van der Waals surface area contributed by atoms with Gasteiger partial charge in [-0.05, 0) is 6.42 Å². The molecule has 0 aromatic rings. The lowest BCUT2D eigenvalue weighted by atomic mass is 10.1. The second-order valence-corrected chi connectivity index (χ2v) is 5.75. The van der Waals surface area contributed by atoms with Gasteiger partial charge in [-0.1, -0.05) is 112 Å². The van der Waals surface area contributed by atoms with Gasteiger partial charge in [0.15, 0.2) is 0 Å². The molecular formula is C22H32O3. The lowest BCUT2D eigenvalue weighted by Gasteiger charge is -2.04. The first-order valence-electron chi connectivity index (χ1n) is 9.09. The van der Waals surface area contributed by atoms with Gasteiger partial charge < -0.3 is 10.2 Å². The summed E-state index contributed by atoms with van der Waals surface area (Å²) in [5, 5.41) is 18.2. The first-order chi connectivity index (χ1) is 12.2. The monoisotopic (exact) mass is 344 g/mol. The van der Waals surface area contributed by atoms with Crippen LogP contribution in [0.4, 0.5) is 0 Å². The van der Waals surface area contributed by atoms with Crippen molar-refractivity contribution in [3.63, 3.8) is 0 Å². The lowest BCUT2D eigenvalue weighted by Crippen LogP contribution is -2.01. The third-order valence-corrected chi connectivity index (χ3v) is 3.43. The summed E-state index contributed by atoms with van der Waals surface area (Å²) < 4.78 is 0. The molecule has 3 nitrogen and oxygen atoms in total. The van der Waals surface area contributed by atoms with Crippen LogP contribution in [0.2, 0.25) is 0 Å². The molecule has 0 aliphatic heterocycles. The van der Waals surface area contributed by atoms with Gasteiger partial charge in [0.2, 0.25) is 0 Å². The number of allylic oxidation sites excluding steroid dienone is 10. The predicted octanol–water partition coefficient (Wildman–Crippen LogP) is 5.52. The summed E-state index contributed by atoms with van der Waals surface area (Å²) in [6.07, 6.45) is 28.8. The van der Waals surface area contributed by atoms with Crippen molar-refractivity contribution in [1.29, 1.82) is 0 Å². The molecule has 0 saturated carbocycles. The molecule has 0 saturated heterocycles. The molecule has 0 aliphatic carbocycles. The van der Waals surface area contributed by atoms with Crippen LogP contribution in [0.25, 0.3) is 0 Å². The van der Waals surface area contributed by atoms with Crippen molar-refractivity contribution in [2.45, 2.75) is 58.0 Å². The largest absolute Gasteiger partial charge is 0.478 e. The van der Waals surface area contributed by atoms with Gasteiger partial charge in [0.1, 0.15) is 0 Å². The van der Waals surface area contributed by atoms with E-state index in [1.807, 2.05) is 48.6 Å². The fourth-order valence-electron chi connectivity index (χ4n) is 2.07.